The number of benzene rings is 1. The molecule has 0 aromatic heterocycles. The molecule has 20 heavy (non-hydrogen) atoms. The molecule has 1 heterocycles. The molecule has 0 fully saturated rings. The summed E-state index contributed by atoms with van der Waals surface area (Å²) >= 11 is 0. The number of ether oxygens (including phenoxy) is 2. The summed E-state index contributed by atoms with van der Waals surface area (Å²) in [6, 6.07) is 5.47. The average Bonchev–Trinajstić information content (AvgIpc) is 2.44. The van der Waals surface area contributed by atoms with Gasteiger partial charge in [0.2, 0.25) is 5.91 Å². The molecule has 1 aliphatic rings. The molecule has 1 N–H and O–H groups in total. The smallest absolute Gasteiger partial charge is 0.307 e. The Balaban J connectivity index is 2.15. The third-order valence-electron chi connectivity index (χ3n) is 3.05. The van der Waals surface area contributed by atoms with E-state index < -0.39 is 0 Å². The fourth-order valence-electron chi connectivity index (χ4n) is 2.11. The number of anilines is 2. The SMILES string of the molecule is COC(=O)CCN1CCOc2ccc(NC(C)=O)cc21. The van der Waals surface area contributed by atoms with E-state index >= 15 is 0 Å². The third-order valence-corrected chi connectivity index (χ3v) is 3.05. The summed E-state index contributed by atoms with van der Waals surface area (Å²) in [5, 5.41) is 2.74. The van der Waals surface area contributed by atoms with Gasteiger partial charge < -0.3 is 19.7 Å². The highest BCUT2D eigenvalue weighted by Crippen LogP contribution is 2.34. The van der Waals surface area contributed by atoms with Crippen LogP contribution in [0.4, 0.5) is 11.4 Å². The Morgan fingerprint density at radius 3 is 2.95 bits per heavy atom. The van der Waals surface area contributed by atoms with Crippen molar-refractivity contribution < 1.29 is 19.1 Å². The molecule has 108 valence electrons. The van der Waals surface area contributed by atoms with Gasteiger partial charge in [-0.15, -0.1) is 0 Å². The van der Waals surface area contributed by atoms with Crippen LogP contribution in [-0.4, -0.2) is 38.7 Å². The fourth-order valence-corrected chi connectivity index (χ4v) is 2.11. The van der Waals surface area contributed by atoms with Crippen LogP contribution >= 0.6 is 0 Å². The number of methoxy groups -OCH3 is 1. The van der Waals surface area contributed by atoms with Crippen LogP contribution < -0.4 is 15.0 Å². The van der Waals surface area contributed by atoms with E-state index in [-0.39, 0.29) is 11.9 Å². The molecule has 6 nitrogen and oxygen atoms in total. The number of carbonyl (C=O) groups excluding carboxylic acids is 2. The Labute approximate surface area is 117 Å². The summed E-state index contributed by atoms with van der Waals surface area (Å²) < 4.78 is 10.2. The van der Waals surface area contributed by atoms with E-state index in [4.69, 9.17) is 4.74 Å². The number of nitrogens with zero attached hydrogens (tertiary/aromatic N) is 1. The van der Waals surface area contributed by atoms with Gasteiger partial charge in [-0.25, -0.2) is 0 Å². The summed E-state index contributed by atoms with van der Waals surface area (Å²) in [5.74, 6) is 0.397. The summed E-state index contributed by atoms with van der Waals surface area (Å²) in [6.07, 6.45) is 0.320. The second-order valence-electron chi connectivity index (χ2n) is 4.53. The van der Waals surface area contributed by atoms with Crippen molar-refractivity contribution in [3.63, 3.8) is 0 Å². The lowest BCUT2D eigenvalue weighted by Crippen LogP contribution is -2.34. The highest BCUT2D eigenvalue weighted by molar-refractivity contribution is 5.89. The minimum absolute atomic E-state index is 0.122. The number of carbonyl (C=O) groups is 2. The van der Waals surface area contributed by atoms with E-state index in [0.717, 1.165) is 11.4 Å². The monoisotopic (exact) mass is 278 g/mol. The molecule has 0 radical (unpaired) electrons. The second kappa shape index (κ2) is 6.27. The highest BCUT2D eigenvalue weighted by Gasteiger charge is 2.19. The summed E-state index contributed by atoms with van der Waals surface area (Å²) in [6.45, 7) is 3.30. The zero-order chi connectivity index (χ0) is 14.5. The lowest BCUT2D eigenvalue weighted by molar-refractivity contribution is -0.140. The van der Waals surface area contributed by atoms with E-state index in [0.29, 0.717) is 31.8 Å². The van der Waals surface area contributed by atoms with E-state index in [1.807, 2.05) is 12.1 Å². The van der Waals surface area contributed by atoms with Crippen LogP contribution in [0, 0.1) is 0 Å². The van der Waals surface area contributed by atoms with Crippen molar-refractivity contribution in [1.82, 2.24) is 0 Å². The lowest BCUT2D eigenvalue weighted by Gasteiger charge is -2.31. The summed E-state index contributed by atoms with van der Waals surface area (Å²) in [7, 11) is 1.38. The van der Waals surface area contributed by atoms with Gasteiger partial charge in [0.25, 0.3) is 0 Å². The van der Waals surface area contributed by atoms with Crippen molar-refractivity contribution in [2.45, 2.75) is 13.3 Å². The molecule has 0 unspecified atom stereocenters. The number of fused-ring (bicyclic) bond motifs is 1. The quantitative estimate of drug-likeness (QED) is 0.843. The Morgan fingerprint density at radius 2 is 2.25 bits per heavy atom. The lowest BCUT2D eigenvalue weighted by atomic mass is 10.2. The van der Waals surface area contributed by atoms with Gasteiger partial charge in [-0.2, -0.15) is 0 Å². The van der Waals surface area contributed by atoms with Crippen LogP contribution in [0.15, 0.2) is 18.2 Å². The van der Waals surface area contributed by atoms with Crippen LogP contribution in [-0.2, 0) is 14.3 Å². The largest absolute Gasteiger partial charge is 0.490 e. The maximum Gasteiger partial charge on any atom is 0.307 e. The van der Waals surface area contributed by atoms with Gasteiger partial charge in [-0.1, -0.05) is 0 Å². The Morgan fingerprint density at radius 1 is 1.45 bits per heavy atom. The molecule has 1 aromatic carbocycles. The molecular formula is C14H18N2O4. The minimum Gasteiger partial charge on any atom is -0.490 e. The maximum absolute atomic E-state index is 11.2. The molecular weight excluding hydrogens is 260 g/mol. The van der Waals surface area contributed by atoms with E-state index in [9.17, 15) is 9.59 Å². The van der Waals surface area contributed by atoms with Crippen LogP contribution in [0.3, 0.4) is 0 Å². The van der Waals surface area contributed by atoms with Crippen molar-refractivity contribution in [1.29, 1.82) is 0 Å². The Hall–Kier alpha value is -2.24. The van der Waals surface area contributed by atoms with Gasteiger partial charge in [0.05, 0.1) is 25.8 Å². The molecule has 0 saturated carbocycles. The number of esters is 1. The van der Waals surface area contributed by atoms with Crippen LogP contribution in [0.2, 0.25) is 0 Å². The Kier molecular flexibility index (Phi) is 4.45. The normalized spacial score (nSPS) is 13.2. The molecule has 2 rings (SSSR count). The first-order chi connectivity index (χ1) is 9.60. The van der Waals surface area contributed by atoms with Crippen molar-refractivity contribution in [2.75, 3.05) is 37.0 Å². The number of hydrogen-bond donors (Lipinski definition) is 1. The molecule has 1 aromatic rings. The number of rotatable bonds is 4. The van der Waals surface area contributed by atoms with Gasteiger partial charge in [0.1, 0.15) is 12.4 Å². The highest BCUT2D eigenvalue weighted by atomic mass is 16.5. The molecule has 1 amide bonds. The zero-order valence-corrected chi connectivity index (χ0v) is 11.6. The van der Waals surface area contributed by atoms with E-state index in [1.165, 1.54) is 14.0 Å². The zero-order valence-electron chi connectivity index (χ0n) is 11.6. The Bertz CT molecular complexity index is 516. The molecule has 0 spiro atoms. The summed E-state index contributed by atoms with van der Waals surface area (Å²) in [4.78, 5) is 24.4. The predicted octanol–water partition coefficient (Wildman–Crippen LogP) is 1.41. The predicted molar refractivity (Wildman–Crippen MR) is 75.1 cm³/mol. The number of hydrogen-bond acceptors (Lipinski definition) is 5. The topological polar surface area (TPSA) is 67.9 Å². The van der Waals surface area contributed by atoms with Crippen molar-refractivity contribution >= 4 is 23.3 Å². The first kappa shape index (κ1) is 14.2. The third kappa shape index (κ3) is 3.40. The van der Waals surface area contributed by atoms with Gasteiger partial charge >= 0.3 is 5.97 Å². The standard InChI is InChI=1S/C14H18N2O4/c1-10(17)15-11-3-4-13-12(9-11)16(7-8-20-13)6-5-14(18)19-2/h3-4,9H,5-8H2,1-2H3,(H,15,17). The molecule has 0 saturated heterocycles. The van der Waals surface area contributed by atoms with Gasteiger partial charge in [0.15, 0.2) is 0 Å². The van der Waals surface area contributed by atoms with Gasteiger partial charge in [-0.3, -0.25) is 9.59 Å². The van der Waals surface area contributed by atoms with E-state index in [1.54, 1.807) is 6.07 Å². The van der Waals surface area contributed by atoms with Crippen molar-refractivity contribution in [3.8, 4) is 5.75 Å². The summed E-state index contributed by atoms with van der Waals surface area (Å²) in [5.41, 5.74) is 1.59. The first-order valence-corrected chi connectivity index (χ1v) is 6.46. The average molecular weight is 278 g/mol. The second-order valence-corrected chi connectivity index (χ2v) is 4.53. The number of nitrogens with one attached hydrogen (secondary N) is 1. The molecule has 1 aliphatic heterocycles. The molecule has 6 heteroatoms. The van der Waals surface area contributed by atoms with Gasteiger partial charge in [-0.05, 0) is 18.2 Å². The van der Waals surface area contributed by atoms with Gasteiger partial charge in [0, 0.05) is 19.2 Å². The van der Waals surface area contributed by atoms with Crippen LogP contribution in [0.1, 0.15) is 13.3 Å². The minimum atomic E-state index is -0.240. The molecule has 0 aliphatic carbocycles. The first-order valence-electron chi connectivity index (χ1n) is 6.46. The molecule has 0 atom stereocenters. The van der Waals surface area contributed by atoms with E-state index in [2.05, 4.69) is 15.0 Å². The van der Waals surface area contributed by atoms with Crippen molar-refractivity contribution in [3.05, 3.63) is 18.2 Å². The number of amides is 1. The van der Waals surface area contributed by atoms with Crippen molar-refractivity contribution in [2.24, 2.45) is 0 Å². The van der Waals surface area contributed by atoms with Crippen LogP contribution in [0.25, 0.3) is 0 Å². The maximum atomic E-state index is 11.2. The molecule has 0 bridgehead atoms. The van der Waals surface area contributed by atoms with Crippen LogP contribution in [0.5, 0.6) is 5.75 Å². The fraction of sp³-hybridized carbons (Fsp3) is 0.429.